The Hall–Kier alpha value is -2.40. The van der Waals surface area contributed by atoms with Crippen LogP contribution in [0.3, 0.4) is 0 Å². The van der Waals surface area contributed by atoms with Crippen molar-refractivity contribution in [2.75, 3.05) is 5.73 Å². The monoisotopic (exact) mass is 342 g/mol. The summed E-state index contributed by atoms with van der Waals surface area (Å²) in [7, 11) is 0. The van der Waals surface area contributed by atoms with Crippen molar-refractivity contribution in [3.8, 4) is 23.1 Å². The molecule has 1 fully saturated rings. The van der Waals surface area contributed by atoms with E-state index in [0.29, 0.717) is 0 Å². The van der Waals surface area contributed by atoms with Gasteiger partial charge in [-0.15, -0.1) is 0 Å². The van der Waals surface area contributed by atoms with Gasteiger partial charge < -0.3 is 10.5 Å². The van der Waals surface area contributed by atoms with E-state index in [4.69, 9.17) is 22.1 Å². The minimum atomic E-state index is -3.06. The first-order valence-electron chi connectivity index (χ1n) is 6.64. The van der Waals surface area contributed by atoms with Gasteiger partial charge in [-0.25, -0.2) is 9.07 Å². The molecule has 3 rings (SSSR count). The van der Waals surface area contributed by atoms with E-state index in [1.165, 1.54) is 0 Å². The van der Waals surface area contributed by atoms with Crippen molar-refractivity contribution in [2.45, 2.75) is 25.5 Å². The molecular weight excluding hydrogens is 333 g/mol. The van der Waals surface area contributed by atoms with Crippen LogP contribution in [0, 0.1) is 17.1 Å². The average Bonchev–Trinajstić information content (AvgIpc) is 3.23. The molecule has 0 bridgehead atoms. The number of nitrogen functional groups attached to an aromatic ring is 1. The van der Waals surface area contributed by atoms with Crippen LogP contribution in [-0.2, 0) is 0 Å². The summed E-state index contributed by atoms with van der Waals surface area (Å²) in [4.78, 5) is 0. The predicted molar refractivity (Wildman–Crippen MR) is 76.7 cm³/mol. The molecule has 0 saturated heterocycles. The molecule has 2 N–H and O–H groups in total. The number of nitriles is 1. The minimum Gasteiger partial charge on any atom is -0.489 e. The first-order chi connectivity index (χ1) is 10.9. The normalized spacial score (nSPS) is 14.1. The van der Waals surface area contributed by atoms with E-state index in [1.807, 2.05) is 0 Å². The van der Waals surface area contributed by atoms with E-state index >= 15 is 0 Å². The van der Waals surface area contributed by atoms with Gasteiger partial charge >= 0.3 is 6.55 Å². The first-order valence-corrected chi connectivity index (χ1v) is 7.02. The average molecular weight is 343 g/mol. The molecule has 23 heavy (non-hydrogen) atoms. The van der Waals surface area contributed by atoms with E-state index < -0.39 is 23.6 Å². The Kier molecular flexibility index (Phi) is 3.82. The Bertz CT molecular complexity index is 811. The predicted octanol–water partition coefficient (Wildman–Crippen LogP) is 3.73. The van der Waals surface area contributed by atoms with Gasteiger partial charge in [0, 0.05) is 6.07 Å². The van der Waals surface area contributed by atoms with Crippen molar-refractivity contribution >= 4 is 17.3 Å². The second-order valence-corrected chi connectivity index (χ2v) is 5.43. The van der Waals surface area contributed by atoms with E-state index in [1.54, 1.807) is 6.07 Å². The highest BCUT2D eigenvalue weighted by Crippen LogP contribution is 2.42. The molecule has 5 nitrogen and oxygen atoms in total. The van der Waals surface area contributed by atoms with Gasteiger partial charge in [0.25, 0.3) is 0 Å². The zero-order valence-electron chi connectivity index (χ0n) is 11.6. The second-order valence-electron chi connectivity index (χ2n) is 5.02. The maximum atomic E-state index is 14.5. The van der Waals surface area contributed by atoms with Gasteiger partial charge in [-0.05, 0) is 12.8 Å². The highest BCUT2D eigenvalue weighted by atomic mass is 35.5. The van der Waals surface area contributed by atoms with Crippen molar-refractivity contribution in [3.05, 3.63) is 28.7 Å². The van der Waals surface area contributed by atoms with Gasteiger partial charge in [0.2, 0.25) is 0 Å². The number of nitrogens with two attached hydrogens (primary N) is 1. The third-order valence-electron chi connectivity index (χ3n) is 3.36. The number of alkyl halides is 2. The fraction of sp³-hybridized carbons (Fsp3) is 0.286. The molecule has 2 aromatic rings. The molecule has 1 aliphatic carbocycles. The van der Waals surface area contributed by atoms with Crippen LogP contribution in [0.1, 0.15) is 25.0 Å². The third kappa shape index (κ3) is 2.68. The lowest BCUT2D eigenvalue weighted by Gasteiger charge is -2.15. The van der Waals surface area contributed by atoms with Crippen LogP contribution >= 0.6 is 11.6 Å². The van der Waals surface area contributed by atoms with E-state index in [2.05, 4.69) is 5.10 Å². The number of halogens is 4. The molecule has 1 saturated carbocycles. The highest BCUT2D eigenvalue weighted by molar-refractivity contribution is 6.31. The molecule has 0 atom stereocenters. The number of hydrogen-bond donors (Lipinski definition) is 1. The number of nitrogens with zero attached hydrogens (tertiary/aromatic N) is 3. The fourth-order valence-corrected chi connectivity index (χ4v) is 2.37. The number of aromatic nitrogens is 2. The number of anilines is 1. The molecule has 0 unspecified atom stereocenters. The fourth-order valence-electron chi connectivity index (χ4n) is 2.18. The Morgan fingerprint density at radius 1 is 1.48 bits per heavy atom. The Labute approximate surface area is 134 Å². The zero-order chi connectivity index (χ0) is 16.7. The van der Waals surface area contributed by atoms with Crippen molar-refractivity contribution in [2.24, 2.45) is 0 Å². The lowest BCUT2D eigenvalue weighted by molar-refractivity contribution is 0.0585. The summed E-state index contributed by atoms with van der Waals surface area (Å²) in [6.45, 7) is -3.06. The number of benzene rings is 1. The molecule has 0 aliphatic heterocycles. The van der Waals surface area contributed by atoms with E-state index in [9.17, 15) is 18.4 Å². The standard InChI is InChI=1S/C14H10ClF3N4O/c15-8-3-10(23-6-1-2-6)7(4-19)11(12(8)16)13-9(20)5-21-22(13)14(17)18/h3,5-6,14H,1-2,20H2. The van der Waals surface area contributed by atoms with Crippen LogP contribution in [0.5, 0.6) is 5.75 Å². The molecule has 1 heterocycles. The van der Waals surface area contributed by atoms with Gasteiger partial charge in [-0.2, -0.15) is 19.1 Å². The summed E-state index contributed by atoms with van der Waals surface area (Å²) in [5, 5.41) is 12.4. The SMILES string of the molecule is N#Cc1c(OC2CC2)cc(Cl)c(F)c1-c1c(N)cnn1C(F)F. The number of ether oxygens (including phenoxy) is 1. The topological polar surface area (TPSA) is 76.9 Å². The molecule has 9 heteroatoms. The van der Waals surface area contributed by atoms with Gasteiger partial charge in [0.15, 0.2) is 5.82 Å². The smallest absolute Gasteiger partial charge is 0.333 e. The van der Waals surface area contributed by atoms with Crippen LogP contribution in [0.2, 0.25) is 5.02 Å². The molecule has 1 aromatic carbocycles. The number of hydrogen-bond acceptors (Lipinski definition) is 4. The Morgan fingerprint density at radius 2 is 2.17 bits per heavy atom. The Morgan fingerprint density at radius 3 is 2.74 bits per heavy atom. The van der Waals surface area contributed by atoms with E-state index in [-0.39, 0.29) is 32.8 Å². The van der Waals surface area contributed by atoms with Crippen LogP contribution in [0.25, 0.3) is 11.3 Å². The lowest BCUT2D eigenvalue weighted by atomic mass is 10.0. The molecular formula is C14H10ClF3N4O. The summed E-state index contributed by atoms with van der Waals surface area (Å²) in [6, 6.07) is 2.95. The molecule has 0 spiro atoms. The van der Waals surface area contributed by atoms with Crippen molar-refractivity contribution in [1.82, 2.24) is 9.78 Å². The van der Waals surface area contributed by atoms with E-state index in [0.717, 1.165) is 25.1 Å². The van der Waals surface area contributed by atoms with Crippen LogP contribution in [-0.4, -0.2) is 15.9 Å². The summed E-state index contributed by atoms with van der Waals surface area (Å²) < 4.78 is 46.4. The maximum Gasteiger partial charge on any atom is 0.333 e. The van der Waals surface area contributed by atoms with Gasteiger partial charge in [-0.3, -0.25) is 0 Å². The summed E-state index contributed by atoms with van der Waals surface area (Å²) in [6.07, 6.45) is 2.47. The largest absolute Gasteiger partial charge is 0.489 e. The highest BCUT2D eigenvalue weighted by Gasteiger charge is 2.30. The minimum absolute atomic E-state index is 0.0396. The van der Waals surface area contributed by atoms with Crippen molar-refractivity contribution < 1.29 is 17.9 Å². The maximum absolute atomic E-state index is 14.5. The molecule has 0 radical (unpaired) electrons. The molecule has 1 aromatic heterocycles. The van der Waals surface area contributed by atoms with Crippen LogP contribution in [0.4, 0.5) is 18.9 Å². The van der Waals surface area contributed by atoms with Crippen LogP contribution in [0.15, 0.2) is 12.3 Å². The quantitative estimate of drug-likeness (QED) is 0.918. The second kappa shape index (κ2) is 5.66. The van der Waals surface area contributed by atoms with Gasteiger partial charge in [-0.1, -0.05) is 11.6 Å². The lowest BCUT2D eigenvalue weighted by Crippen LogP contribution is -2.08. The summed E-state index contributed by atoms with van der Waals surface area (Å²) in [5.41, 5.74) is 4.36. The Balaban J connectivity index is 2.28. The molecule has 120 valence electrons. The van der Waals surface area contributed by atoms with Crippen LogP contribution < -0.4 is 10.5 Å². The summed E-state index contributed by atoms with van der Waals surface area (Å²) in [5.74, 6) is -0.988. The molecule has 1 aliphatic rings. The van der Waals surface area contributed by atoms with Gasteiger partial charge in [0.1, 0.15) is 23.1 Å². The molecule has 0 amide bonds. The van der Waals surface area contributed by atoms with Crippen molar-refractivity contribution in [1.29, 1.82) is 5.26 Å². The van der Waals surface area contributed by atoms with Gasteiger partial charge in [0.05, 0.1) is 28.6 Å². The first kappa shape index (κ1) is 15.5. The zero-order valence-corrected chi connectivity index (χ0v) is 12.3. The summed E-state index contributed by atoms with van der Waals surface area (Å²) >= 11 is 5.83. The third-order valence-corrected chi connectivity index (χ3v) is 3.63. The van der Waals surface area contributed by atoms with Crippen molar-refractivity contribution in [3.63, 3.8) is 0 Å². The number of rotatable bonds is 4.